The second-order valence-electron chi connectivity index (χ2n) is 4.55. The van der Waals surface area contributed by atoms with Gasteiger partial charge in [-0.05, 0) is 18.6 Å². The molecule has 6 heteroatoms. The Morgan fingerprint density at radius 1 is 1.33 bits per heavy atom. The quantitative estimate of drug-likeness (QED) is 0.780. The molecule has 0 fully saturated rings. The van der Waals surface area contributed by atoms with Crippen LogP contribution in [0.2, 0.25) is 0 Å². The molecule has 108 valence electrons. The maximum atomic E-state index is 13.7. The number of imidazole rings is 1. The summed E-state index contributed by atoms with van der Waals surface area (Å²) in [7, 11) is 0. The number of hydrogen-bond acceptors (Lipinski definition) is 4. The van der Waals surface area contributed by atoms with Crippen molar-refractivity contribution in [2.45, 2.75) is 13.3 Å². The molecule has 21 heavy (non-hydrogen) atoms. The molecule has 1 aromatic carbocycles. The SMILES string of the molecule is CCCNc1cn2ccnc2c(Oc2ccccc2F)n1. The Bertz CT molecular complexity index is 756. The molecule has 0 aliphatic heterocycles. The van der Waals surface area contributed by atoms with Crippen molar-refractivity contribution in [3.8, 4) is 11.6 Å². The third kappa shape index (κ3) is 2.79. The molecule has 2 aromatic heterocycles. The van der Waals surface area contributed by atoms with E-state index in [9.17, 15) is 4.39 Å². The maximum absolute atomic E-state index is 13.7. The van der Waals surface area contributed by atoms with Gasteiger partial charge < -0.3 is 10.1 Å². The summed E-state index contributed by atoms with van der Waals surface area (Å²) >= 11 is 0. The normalized spacial score (nSPS) is 10.8. The molecule has 0 radical (unpaired) electrons. The van der Waals surface area contributed by atoms with Crippen molar-refractivity contribution in [2.75, 3.05) is 11.9 Å². The predicted molar refractivity (Wildman–Crippen MR) is 78.2 cm³/mol. The molecule has 0 amide bonds. The second kappa shape index (κ2) is 5.78. The zero-order chi connectivity index (χ0) is 14.7. The van der Waals surface area contributed by atoms with E-state index in [1.54, 1.807) is 35.0 Å². The van der Waals surface area contributed by atoms with Gasteiger partial charge in [-0.2, -0.15) is 4.98 Å². The number of para-hydroxylation sites is 1. The highest BCUT2D eigenvalue weighted by atomic mass is 19.1. The van der Waals surface area contributed by atoms with E-state index in [-0.39, 0.29) is 11.6 Å². The lowest BCUT2D eigenvalue weighted by Crippen LogP contribution is -2.05. The topological polar surface area (TPSA) is 51.5 Å². The number of benzene rings is 1. The zero-order valence-corrected chi connectivity index (χ0v) is 11.6. The Hall–Kier alpha value is -2.63. The zero-order valence-electron chi connectivity index (χ0n) is 11.6. The van der Waals surface area contributed by atoms with Crippen LogP contribution in [0, 0.1) is 5.82 Å². The first-order valence-electron chi connectivity index (χ1n) is 6.78. The summed E-state index contributed by atoms with van der Waals surface area (Å²) in [5.74, 6) is 0.623. The van der Waals surface area contributed by atoms with Crippen molar-refractivity contribution in [1.29, 1.82) is 0 Å². The van der Waals surface area contributed by atoms with Crippen molar-refractivity contribution < 1.29 is 9.13 Å². The van der Waals surface area contributed by atoms with Crippen LogP contribution in [-0.2, 0) is 0 Å². The van der Waals surface area contributed by atoms with Crippen LogP contribution in [0.1, 0.15) is 13.3 Å². The average Bonchev–Trinajstić information content (AvgIpc) is 2.96. The standard InChI is InChI=1S/C15H15FN4O/c1-2-7-17-13-10-20-9-8-18-14(20)15(19-13)21-12-6-4-3-5-11(12)16/h3-6,8-10,17H,2,7H2,1H3. The van der Waals surface area contributed by atoms with Gasteiger partial charge in [-0.15, -0.1) is 0 Å². The van der Waals surface area contributed by atoms with Crippen LogP contribution in [-0.4, -0.2) is 20.9 Å². The van der Waals surface area contributed by atoms with Gasteiger partial charge in [0.2, 0.25) is 5.65 Å². The Morgan fingerprint density at radius 2 is 2.19 bits per heavy atom. The van der Waals surface area contributed by atoms with Crippen LogP contribution in [0.15, 0.2) is 42.9 Å². The van der Waals surface area contributed by atoms with Crippen molar-refractivity contribution in [3.63, 3.8) is 0 Å². The lowest BCUT2D eigenvalue weighted by Gasteiger charge is -2.10. The van der Waals surface area contributed by atoms with Crippen molar-refractivity contribution in [3.05, 3.63) is 48.7 Å². The van der Waals surface area contributed by atoms with Gasteiger partial charge in [-0.25, -0.2) is 9.37 Å². The Balaban J connectivity index is 2.00. The van der Waals surface area contributed by atoms with E-state index in [0.717, 1.165) is 13.0 Å². The molecule has 0 saturated carbocycles. The summed E-state index contributed by atoms with van der Waals surface area (Å²) in [6.45, 7) is 2.87. The van der Waals surface area contributed by atoms with Gasteiger partial charge in [-0.3, -0.25) is 4.40 Å². The van der Waals surface area contributed by atoms with Gasteiger partial charge in [0.25, 0.3) is 5.88 Å². The van der Waals surface area contributed by atoms with E-state index in [2.05, 4.69) is 22.2 Å². The fourth-order valence-electron chi connectivity index (χ4n) is 1.94. The molecular weight excluding hydrogens is 271 g/mol. The number of hydrogen-bond donors (Lipinski definition) is 1. The summed E-state index contributed by atoms with van der Waals surface area (Å²) in [5, 5.41) is 3.18. The summed E-state index contributed by atoms with van der Waals surface area (Å²) in [6.07, 6.45) is 6.25. The Morgan fingerprint density at radius 3 is 3.00 bits per heavy atom. The molecule has 0 spiro atoms. The fourth-order valence-corrected chi connectivity index (χ4v) is 1.94. The number of nitrogens with zero attached hydrogens (tertiary/aromatic N) is 3. The van der Waals surface area contributed by atoms with Gasteiger partial charge in [0, 0.05) is 18.9 Å². The van der Waals surface area contributed by atoms with Gasteiger partial charge in [-0.1, -0.05) is 19.1 Å². The van der Waals surface area contributed by atoms with Gasteiger partial charge in [0.05, 0.1) is 6.20 Å². The molecule has 0 aliphatic rings. The van der Waals surface area contributed by atoms with E-state index < -0.39 is 5.82 Å². The minimum atomic E-state index is -0.434. The number of anilines is 1. The summed E-state index contributed by atoms with van der Waals surface area (Å²) in [4.78, 5) is 8.55. The van der Waals surface area contributed by atoms with Gasteiger partial charge in [0.1, 0.15) is 5.82 Å². The highest BCUT2D eigenvalue weighted by Gasteiger charge is 2.12. The number of rotatable bonds is 5. The van der Waals surface area contributed by atoms with Crippen LogP contribution >= 0.6 is 0 Å². The maximum Gasteiger partial charge on any atom is 0.265 e. The van der Waals surface area contributed by atoms with E-state index in [0.29, 0.717) is 11.5 Å². The number of fused-ring (bicyclic) bond motifs is 1. The molecule has 0 unspecified atom stereocenters. The first kappa shape index (κ1) is 13.4. The monoisotopic (exact) mass is 286 g/mol. The summed E-state index contributed by atoms with van der Waals surface area (Å²) in [6, 6.07) is 6.22. The van der Waals surface area contributed by atoms with E-state index in [4.69, 9.17) is 4.74 Å². The molecule has 2 heterocycles. The van der Waals surface area contributed by atoms with Crippen LogP contribution in [0.3, 0.4) is 0 Å². The third-order valence-electron chi connectivity index (χ3n) is 2.94. The smallest absolute Gasteiger partial charge is 0.265 e. The number of halogens is 1. The first-order chi connectivity index (χ1) is 10.3. The average molecular weight is 286 g/mol. The second-order valence-corrected chi connectivity index (χ2v) is 4.55. The molecular formula is C15H15FN4O. The van der Waals surface area contributed by atoms with Crippen LogP contribution < -0.4 is 10.1 Å². The Kier molecular flexibility index (Phi) is 3.68. The van der Waals surface area contributed by atoms with E-state index in [1.165, 1.54) is 6.07 Å². The predicted octanol–water partition coefficient (Wildman–Crippen LogP) is 3.48. The molecule has 3 aromatic rings. The first-order valence-corrected chi connectivity index (χ1v) is 6.78. The minimum Gasteiger partial charge on any atom is -0.433 e. The number of nitrogens with one attached hydrogen (secondary N) is 1. The lowest BCUT2D eigenvalue weighted by atomic mass is 10.3. The van der Waals surface area contributed by atoms with Crippen LogP contribution in [0.4, 0.5) is 10.2 Å². The minimum absolute atomic E-state index is 0.127. The van der Waals surface area contributed by atoms with Crippen LogP contribution in [0.5, 0.6) is 11.6 Å². The van der Waals surface area contributed by atoms with E-state index in [1.807, 2.05) is 6.20 Å². The van der Waals surface area contributed by atoms with Crippen molar-refractivity contribution in [1.82, 2.24) is 14.4 Å². The number of aromatic nitrogens is 3. The third-order valence-corrected chi connectivity index (χ3v) is 2.94. The molecule has 5 nitrogen and oxygen atoms in total. The van der Waals surface area contributed by atoms with Crippen molar-refractivity contribution >= 4 is 11.5 Å². The summed E-state index contributed by atoms with van der Waals surface area (Å²) < 4.78 is 21.1. The lowest BCUT2D eigenvalue weighted by molar-refractivity contribution is 0.430. The molecule has 0 bridgehead atoms. The molecule has 1 N–H and O–H groups in total. The Labute approximate surface area is 121 Å². The highest BCUT2D eigenvalue weighted by molar-refractivity contribution is 5.55. The summed E-state index contributed by atoms with van der Waals surface area (Å²) in [5.41, 5.74) is 0.542. The van der Waals surface area contributed by atoms with Gasteiger partial charge in [0.15, 0.2) is 11.6 Å². The fraction of sp³-hybridized carbons (Fsp3) is 0.200. The molecule has 0 atom stereocenters. The van der Waals surface area contributed by atoms with E-state index >= 15 is 0 Å². The van der Waals surface area contributed by atoms with Crippen LogP contribution in [0.25, 0.3) is 5.65 Å². The molecule has 0 saturated heterocycles. The molecule has 3 rings (SSSR count). The number of ether oxygens (including phenoxy) is 1. The highest BCUT2D eigenvalue weighted by Crippen LogP contribution is 2.26. The largest absolute Gasteiger partial charge is 0.433 e. The van der Waals surface area contributed by atoms with Gasteiger partial charge >= 0.3 is 0 Å². The molecule has 0 aliphatic carbocycles. The van der Waals surface area contributed by atoms with Crippen molar-refractivity contribution in [2.24, 2.45) is 0 Å².